The highest BCUT2D eigenvalue weighted by Gasteiger charge is 2.11. The lowest BCUT2D eigenvalue weighted by molar-refractivity contribution is -0.121. The largest absolute Gasteiger partial charge is 0.383 e. The summed E-state index contributed by atoms with van der Waals surface area (Å²) in [5.41, 5.74) is 2.14. The first-order valence-electron chi connectivity index (χ1n) is 7.50. The van der Waals surface area contributed by atoms with Crippen LogP contribution in [0, 0.1) is 0 Å². The Kier molecular flexibility index (Phi) is 7.61. The third kappa shape index (κ3) is 5.63. The summed E-state index contributed by atoms with van der Waals surface area (Å²) in [5, 5.41) is 6.02. The van der Waals surface area contributed by atoms with E-state index in [0.29, 0.717) is 13.2 Å². The van der Waals surface area contributed by atoms with E-state index in [1.54, 1.807) is 7.11 Å². The average molecular weight is 293 g/mol. The maximum Gasteiger partial charge on any atom is 0.242 e. The molecule has 1 unspecified atom stereocenters. The second-order valence-corrected chi connectivity index (χ2v) is 4.87. The van der Waals surface area contributed by atoms with Gasteiger partial charge in [-0.15, -0.1) is 0 Å². The molecule has 118 valence electrons. The minimum Gasteiger partial charge on any atom is -0.383 e. The molecule has 0 radical (unpaired) electrons. The monoisotopic (exact) mass is 293 g/mol. The summed E-state index contributed by atoms with van der Waals surface area (Å²) < 4.78 is 4.91. The molecule has 21 heavy (non-hydrogen) atoms. The number of ether oxygens (including phenoxy) is 1. The number of nitrogens with one attached hydrogen (secondary N) is 2. The SMILES string of the molecule is CCN(CC)c1ccc(NC(C)C(=O)NCCOC)cc1. The highest BCUT2D eigenvalue weighted by atomic mass is 16.5. The average Bonchev–Trinajstić information content (AvgIpc) is 2.50. The van der Waals surface area contributed by atoms with Crippen molar-refractivity contribution < 1.29 is 9.53 Å². The van der Waals surface area contributed by atoms with Gasteiger partial charge in [-0.2, -0.15) is 0 Å². The van der Waals surface area contributed by atoms with Crippen LogP contribution in [0.4, 0.5) is 11.4 Å². The van der Waals surface area contributed by atoms with Gasteiger partial charge >= 0.3 is 0 Å². The normalized spacial score (nSPS) is 11.8. The van der Waals surface area contributed by atoms with Crippen molar-refractivity contribution >= 4 is 17.3 Å². The molecule has 0 saturated carbocycles. The van der Waals surface area contributed by atoms with E-state index in [4.69, 9.17) is 4.74 Å². The number of carbonyl (C=O) groups excluding carboxylic acids is 1. The van der Waals surface area contributed by atoms with Crippen LogP contribution in [-0.2, 0) is 9.53 Å². The van der Waals surface area contributed by atoms with Crippen molar-refractivity contribution in [3.8, 4) is 0 Å². The van der Waals surface area contributed by atoms with E-state index in [2.05, 4.69) is 41.5 Å². The fourth-order valence-electron chi connectivity index (χ4n) is 2.10. The number of anilines is 2. The number of carbonyl (C=O) groups is 1. The van der Waals surface area contributed by atoms with Gasteiger partial charge in [0.15, 0.2) is 0 Å². The number of nitrogens with zero attached hydrogens (tertiary/aromatic N) is 1. The van der Waals surface area contributed by atoms with E-state index in [1.165, 1.54) is 5.69 Å². The summed E-state index contributed by atoms with van der Waals surface area (Å²) in [6.45, 7) is 9.16. The van der Waals surface area contributed by atoms with Crippen LogP contribution >= 0.6 is 0 Å². The third-order valence-electron chi connectivity index (χ3n) is 3.38. The van der Waals surface area contributed by atoms with Crippen molar-refractivity contribution in [2.75, 3.05) is 43.6 Å². The Morgan fingerprint density at radius 2 is 1.86 bits per heavy atom. The standard InChI is InChI=1S/C16H27N3O2/c1-5-19(6-2)15-9-7-14(8-10-15)18-13(3)16(20)17-11-12-21-4/h7-10,13,18H,5-6,11-12H2,1-4H3,(H,17,20). The number of benzene rings is 1. The quantitative estimate of drug-likeness (QED) is 0.685. The molecule has 1 amide bonds. The number of methoxy groups -OCH3 is 1. The minimum atomic E-state index is -0.277. The van der Waals surface area contributed by atoms with Crippen LogP contribution < -0.4 is 15.5 Å². The van der Waals surface area contributed by atoms with Crippen molar-refractivity contribution in [3.63, 3.8) is 0 Å². The summed E-state index contributed by atoms with van der Waals surface area (Å²) in [6, 6.07) is 7.88. The molecule has 0 bridgehead atoms. The van der Waals surface area contributed by atoms with E-state index in [-0.39, 0.29) is 11.9 Å². The zero-order chi connectivity index (χ0) is 15.7. The smallest absolute Gasteiger partial charge is 0.242 e. The number of hydrogen-bond acceptors (Lipinski definition) is 4. The molecule has 0 heterocycles. The van der Waals surface area contributed by atoms with Gasteiger partial charge in [0.05, 0.1) is 6.61 Å². The topological polar surface area (TPSA) is 53.6 Å². The van der Waals surface area contributed by atoms with Gasteiger partial charge in [-0.25, -0.2) is 0 Å². The second kappa shape index (κ2) is 9.23. The zero-order valence-corrected chi connectivity index (χ0v) is 13.5. The van der Waals surface area contributed by atoms with Gasteiger partial charge in [0.1, 0.15) is 6.04 Å². The second-order valence-electron chi connectivity index (χ2n) is 4.87. The maximum absolute atomic E-state index is 11.9. The summed E-state index contributed by atoms with van der Waals surface area (Å²) in [4.78, 5) is 14.1. The Morgan fingerprint density at radius 3 is 2.38 bits per heavy atom. The Morgan fingerprint density at radius 1 is 1.24 bits per heavy atom. The molecule has 1 rings (SSSR count). The molecule has 1 atom stereocenters. The summed E-state index contributed by atoms with van der Waals surface area (Å²) in [5.74, 6) is -0.0279. The first-order chi connectivity index (χ1) is 10.1. The molecule has 1 aromatic carbocycles. The molecule has 0 aliphatic carbocycles. The van der Waals surface area contributed by atoms with Crippen LogP contribution in [0.5, 0.6) is 0 Å². The Labute approximate surface area is 127 Å². The summed E-state index contributed by atoms with van der Waals surface area (Å²) >= 11 is 0. The molecule has 0 aromatic heterocycles. The number of hydrogen-bond donors (Lipinski definition) is 2. The van der Waals surface area contributed by atoms with Crippen LogP contribution in [-0.4, -0.2) is 45.3 Å². The van der Waals surface area contributed by atoms with Gasteiger partial charge in [0.25, 0.3) is 0 Å². The van der Waals surface area contributed by atoms with Crippen LogP contribution in [0.3, 0.4) is 0 Å². The van der Waals surface area contributed by atoms with Gasteiger partial charge in [-0.1, -0.05) is 0 Å². The Hall–Kier alpha value is -1.75. The van der Waals surface area contributed by atoms with Crippen LogP contribution in [0.1, 0.15) is 20.8 Å². The molecule has 5 nitrogen and oxygen atoms in total. The lowest BCUT2D eigenvalue weighted by atomic mass is 10.2. The minimum absolute atomic E-state index is 0.0279. The maximum atomic E-state index is 11.9. The summed E-state index contributed by atoms with van der Waals surface area (Å²) in [6.07, 6.45) is 0. The van der Waals surface area contributed by atoms with Gasteiger partial charge in [-0.3, -0.25) is 4.79 Å². The Balaban J connectivity index is 2.52. The predicted octanol–water partition coefficient (Wildman–Crippen LogP) is 2.10. The first-order valence-corrected chi connectivity index (χ1v) is 7.50. The molecule has 0 fully saturated rings. The van der Waals surface area contributed by atoms with Gasteiger partial charge < -0.3 is 20.3 Å². The fraction of sp³-hybridized carbons (Fsp3) is 0.562. The van der Waals surface area contributed by atoms with Crippen molar-refractivity contribution in [1.82, 2.24) is 5.32 Å². The van der Waals surface area contributed by atoms with E-state index in [0.717, 1.165) is 18.8 Å². The highest BCUT2D eigenvalue weighted by molar-refractivity contribution is 5.84. The predicted molar refractivity (Wildman–Crippen MR) is 88.0 cm³/mol. The van der Waals surface area contributed by atoms with Crippen LogP contribution in [0.2, 0.25) is 0 Å². The summed E-state index contributed by atoms with van der Waals surface area (Å²) in [7, 11) is 1.62. The van der Waals surface area contributed by atoms with E-state index >= 15 is 0 Å². The van der Waals surface area contributed by atoms with Gasteiger partial charge in [0, 0.05) is 38.1 Å². The highest BCUT2D eigenvalue weighted by Crippen LogP contribution is 2.18. The van der Waals surface area contributed by atoms with E-state index in [1.807, 2.05) is 19.1 Å². The van der Waals surface area contributed by atoms with Gasteiger partial charge in [-0.05, 0) is 45.0 Å². The van der Waals surface area contributed by atoms with E-state index < -0.39 is 0 Å². The molecular formula is C16H27N3O2. The molecule has 5 heteroatoms. The molecule has 0 aliphatic rings. The molecule has 0 spiro atoms. The molecular weight excluding hydrogens is 266 g/mol. The van der Waals surface area contributed by atoms with E-state index in [9.17, 15) is 4.79 Å². The number of amides is 1. The lowest BCUT2D eigenvalue weighted by Crippen LogP contribution is -2.39. The van der Waals surface area contributed by atoms with Crippen molar-refractivity contribution in [1.29, 1.82) is 0 Å². The first kappa shape index (κ1) is 17.3. The van der Waals surface area contributed by atoms with Crippen LogP contribution in [0.15, 0.2) is 24.3 Å². The fourth-order valence-corrected chi connectivity index (χ4v) is 2.10. The molecule has 1 aromatic rings. The lowest BCUT2D eigenvalue weighted by Gasteiger charge is -2.21. The molecule has 2 N–H and O–H groups in total. The molecule has 0 saturated heterocycles. The number of rotatable bonds is 9. The van der Waals surface area contributed by atoms with Crippen LogP contribution in [0.25, 0.3) is 0 Å². The Bertz CT molecular complexity index is 416. The van der Waals surface area contributed by atoms with Crippen molar-refractivity contribution in [2.24, 2.45) is 0 Å². The molecule has 0 aliphatic heterocycles. The van der Waals surface area contributed by atoms with Crippen molar-refractivity contribution in [3.05, 3.63) is 24.3 Å². The van der Waals surface area contributed by atoms with Crippen molar-refractivity contribution in [2.45, 2.75) is 26.8 Å². The third-order valence-corrected chi connectivity index (χ3v) is 3.38. The zero-order valence-electron chi connectivity index (χ0n) is 13.5. The van der Waals surface area contributed by atoms with Gasteiger partial charge in [0.2, 0.25) is 5.91 Å².